The predicted molar refractivity (Wildman–Crippen MR) is 77.4 cm³/mol. The van der Waals surface area contributed by atoms with Crippen molar-refractivity contribution in [1.82, 2.24) is 14.9 Å². The second-order valence-corrected chi connectivity index (χ2v) is 5.51. The number of hydrogen-bond acceptors (Lipinski definition) is 6. The lowest BCUT2D eigenvalue weighted by Crippen LogP contribution is -2.55. The van der Waals surface area contributed by atoms with Crippen molar-refractivity contribution in [2.24, 2.45) is 0 Å². The van der Waals surface area contributed by atoms with Gasteiger partial charge in [0, 0.05) is 38.3 Å². The first-order valence-corrected chi connectivity index (χ1v) is 7.00. The van der Waals surface area contributed by atoms with Crippen LogP contribution in [0, 0.1) is 0 Å². The Bertz CT molecular complexity index is 462. The van der Waals surface area contributed by atoms with Crippen molar-refractivity contribution in [3.8, 4) is 0 Å². The maximum atomic E-state index is 5.79. The molecule has 0 spiro atoms. The molecule has 2 unspecified atom stereocenters. The fourth-order valence-corrected chi connectivity index (χ4v) is 3.23. The summed E-state index contributed by atoms with van der Waals surface area (Å²) in [5.74, 6) is 2.06. The molecule has 6 nitrogen and oxygen atoms in total. The zero-order chi connectivity index (χ0) is 13.4. The molecule has 104 valence electrons. The summed E-state index contributed by atoms with van der Waals surface area (Å²) in [6.45, 7) is 5.66. The number of nitrogens with zero attached hydrogens (tertiary/aromatic N) is 4. The van der Waals surface area contributed by atoms with Crippen LogP contribution in [0.1, 0.15) is 19.8 Å². The van der Waals surface area contributed by atoms with Crippen molar-refractivity contribution in [1.29, 1.82) is 0 Å². The van der Waals surface area contributed by atoms with Crippen molar-refractivity contribution >= 4 is 17.6 Å². The smallest absolute Gasteiger partial charge is 0.223 e. The van der Waals surface area contributed by atoms with Crippen molar-refractivity contribution in [2.45, 2.75) is 31.8 Å². The molecule has 0 aliphatic carbocycles. The standard InChI is InChI=1S/C13H22N6/c1-9-7-18-5-3-4-10(18)8-19(9)12-6-11(15-2)16-13(14)17-12/h6,9-10H,3-5,7-8H2,1-2H3,(H3,14,15,16,17). The fraction of sp³-hybridized carbons (Fsp3) is 0.692. The third kappa shape index (κ3) is 2.32. The number of aromatic nitrogens is 2. The molecule has 0 aromatic carbocycles. The summed E-state index contributed by atoms with van der Waals surface area (Å²) in [6, 6.07) is 3.12. The Morgan fingerprint density at radius 1 is 1.37 bits per heavy atom. The zero-order valence-corrected chi connectivity index (χ0v) is 11.6. The maximum absolute atomic E-state index is 5.79. The number of piperazine rings is 1. The highest BCUT2D eigenvalue weighted by molar-refractivity contribution is 5.53. The first-order chi connectivity index (χ1) is 9.17. The van der Waals surface area contributed by atoms with Gasteiger partial charge >= 0.3 is 0 Å². The van der Waals surface area contributed by atoms with Crippen molar-refractivity contribution < 1.29 is 0 Å². The van der Waals surface area contributed by atoms with E-state index < -0.39 is 0 Å². The van der Waals surface area contributed by atoms with E-state index in [1.165, 1.54) is 19.4 Å². The molecule has 1 aromatic rings. The van der Waals surface area contributed by atoms with Crippen LogP contribution in [-0.4, -0.2) is 53.6 Å². The van der Waals surface area contributed by atoms with E-state index in [0.717, 1.165) is 24.7 Å². The van der Waals surface area contributed by atoms with Crippen LogP contribution in [0.3, 0.4) is 0 Å². The zero-order valence-electron chi connectivity index (χ0n) is 11.6. The SMILES string of the molecule is CNc1cc(N2CC3CCCN3CC2C)nc(N)n1. The Morgan fingerprint density at radius 2 is 2.21 bits per heavy atom. The molecule has 1 aromatic heterocycles. The summed E-state index contributed by atoms with van der Waals surface area (Å²) < 4.78 is 0. The van der Waals surface area contributed by atoms with Crippen LogP contribution < -0.4 is 16.0 Å². The van der Waals surface area contributed by atoms with E-state index in [2.05, 4.69) is 32.0 Å². The molecular formula is C13H22N6. The van der Waals surface area contributed by atoms with Gasteiger partial charge in [0.2, 0.25) is 5.95 Å². The van der Waals surface area contributed by atoms with Crippen LogP contribution in [0.15, 0.2) is 6.07 Å². The van der Waals surface area contributed by atoms with Gasteiger partial charge in [-0.3, -0.25) is 4.90 Å². The van der Waals surface area contributed by atoms with Crippen LogP contribution in [0.5, 0.6) is 0 Å². The van der Waals surface area contributed by atoms with Crippen LogP contribution in [0.2, 0.25) is 0 Å². The summed E-state index contributed by atoms with van der Waals surface area (Å²) >= 11 is 0. The minimum Gasteiger partial charge on any atom is -0.373 e. The number of fused-ring (bicyclic) bond motifs is 1. The Morgan fingerprint density at radius 3 is 3.00 bits per heavy atom. The Hall–Kier alpha value is -1.56. The number of rotatable bonds is 2. The van der Waals surface area contributed by atoms with Gasteiger partial charge in [0.25, 0.3) is 0 Å². The summed E-state index contributed by atoms with van der Waals surface area (Å²) in [6.07, 6.45) is 2.61. The third-order valence-corrected chi connectivity index (χ3v) is 4.22. The Labute approximate surface area is 114 Å². The second kappa shape index (κ2) is 4.85. The number of nitrogen functional groups attached to an aromatic ring is 1. The fourth-order valence-electron chi connectivity index (χ4n) is 3.23. The van der Waals surface area contributed by atoms with Gasteiger partial charge in [-0.15, -0.1) is 0 Å². The van der Waals surface area contributed by atoms with E-state index in [9.17, 15) is 0 Å². The summed E-state index contributed by atoms with van der Waals surface area (Å²) in [5, 5.41) is 3.04. The molecule has 0 radical (unpaired) electrons. The topological polar surface area (TPSA) is 70.3 Å². The van der Waals surface area contributed by atoms with Crippen LogP contribution in [-0.2, 0) is 0 Å². The first kappa shape index (κ1) is 12.5. The minimum absolute atomic E-state index is 0.336. The maximum Gasteiger partial charge on any atom is 0.223 e. The first-order valence-electron chi connectivity index (χ1n) is 7.00. The average Bonchev–Trinajstić information content (AvgIpc) is 2.84. The number of nitrogens with two attached hydrogens (primary N) is 1. The Kier molecular flexibility index (Phi) is 3.18. The van der Waals surface area contributed by atoms with Crippen molar-refractivity contribution in [2.75, 3.05) is 42.6 Å². The molecule has 3 rings (SSSR count). The van der Waals surface area contributed by atoms with Gasteiger partial charge in [-0.25, -0.2) is 0 Å². The highest BCUT2D eigenvalue weighted by Gasteiger charge is 2.35. The van der Waals surface area contributed by atoms with Gasteiger partial charge in [0.05, 0.1) is 0 Å². The molecular weight excluding hydrogens is 240 g/mol. The lowest BCUT2D eigenvalue weighted by Gasteiger charge is -2.43. The summed E-state index contributed by atoms with van der Waals surface area (Å²) in [5.41, 5.74) is 5.79. The van der Waals surface area contributed by atoms with Crippen molar-refractivity contribution in [3.05, 3.63) is 6.07 Å². The molecule has 6 heteroatoms. The molecule has 2 atom stereocenters. The lowest BCUT2D eigenvalue weighted by atomic mass is 10.1. The quantitative estimate of drug-likeness (QED) is 0.820. The van der Waals surface area contributed by atoms with E-state index >= 15 is 0 Å². The van der Waals surface area contributed by atoms with Gasteiger partial charge in [-0.1, -0.05) is 0 Å². The number of nitrogens with one attached hydrogen (secondary N) is 1. The van der Waals surface area contributed by atoms with E-state index in [1.807, 2.05) is 13.1 Å². The number of anilines is 3. The van der Waals surface area contributed by atoms with Crippen LogP contribution in [0.25, 0.3) is 0 Å². The minimum atomic E-state index is 0.336. The second-order valence-electron chi connectivity index (χ2n) is 5.51. The summed E-state index contributed by atoms with van der Waals surface area (Å²) in [7, 11) is 1.85. The lowest BCUT2D eigenvalue weighted by molar-refractivity contribution is 0.202. The molecule has 19 heavy (non-hydrogen) atoms. The molecule has 2 saturated heterocycles. The molecule has 0 bridgehead atoms. The van der Waals surface area contributed by atoms with Gasteiger partial charge in [0.1, 0.15) is 11.6 Å². The monoisotopic (exact) mass is 262 g/mol. The normalized spacial score (nSPS) is 27.4. The van der Waals surface area contributed by atoms with E-state index in [0.29, 0.717) is 18.0 Å². The molecule has 2 aliphatic heterocycles. The molecule has 2 aliphatic rings. The van der Waals surface area contributed by atoms with E-state index in [4.69, 9.17) is 5.73 Å². The molecule has 2 fully saturated rings. The van der Waals surface area contributed by atoms with Gasteiger partial charge in [-0.05, 0) is 26.3 Å². The molecule has 3 N–H and O–H groups in total. The third-order valence-electron chi connectivity index (χ3n) is 4.22. The van der Waals surface area contributed by atoms with Gasteiger partial charge in [-0.2, -0.15) is 9.97 Å². The van der Waals surface area contributed by atoms with E-state index in [-0.39, 0.29) is 0 Å². The van der Waals surface area contributed by atoms with E-state index in [1.54, 1.807) is 0 Å². The number of hydrogen-bond donors (Lipinski definition) is 2. The van der Waals surface area contributed by atoms with Gasteiger partial charge in [0.15, 0.2) is 0 Å². The van der Waals surface area contributed by atoms with Gasteiger partial charge < -0.3 is 16.0 Å². The molecule has 0 saturated carbocycles. The Balaban J connectivity index is 1.86. The highest BCUT2D eigenvalue weighted by Crippen LogP contribution is 2.28. The summed E-state index contributed by atoms with van der Waals surface area (Å²) in [4.78, 5) is 13.5. The largest absolute Gasteiger partial charge is 0.373 e. The van der Waals surface area contributed by atoms with Crippen LogP contribution >= 0.6 is 0 Å². The molecule has 3 heterocycles. The highest BCUT2D eigenvalue weighted by atomic mass is 15.3. The van der Waals surface area contributed by atoms with Crippen molar-refractivity contribution in [3.63, 3.8) is 0 Å². The molecule has 0 amide bonds. The average molecular weight is 262 g/mol. The predicted octanol–water partition coefficient (Wildman–Crippen LogP) is 0.773. The van der Waals surface area contributed by atoms with Crippen LogP contribution in [0.4, 0.5) is 17.6 Å².